The lowest BCUT2D eigenvalue weighted by molar-refractivity contribution is -0.133. The van der Waals surface area contributed by atoms with E-state index in [1.54, 1.807) is 29.2 Å². The van der Waals surface area contributed by atoms with E-state index in [1.807, 2.05) is 18.0 Å². The number of oxazole rings is 1. The van der Waals surface area contributed by atoms with Gasteiger partial charge in [-0.2, -0.15) is 5.10 Å². The van der Waals surface area contributed by atoms with E-state index in [9.17, 15) is 9.18 Å². The topological polar surface area (TPSA) is 64.2 Å². The highest BCUT2D eigenvalue weighted by molar-refractivity contribution is 5.76. The molecule has 1 aliphatic heterocycles. The Kier molecular flexibility index (Phi) is 4.75. The quantitative estimate of drug-likeness (QED) is 0.693. The average molecular weight is 368 g/mol. The molecule has 0 N–H and O–H groups in total. The van der Waals surface area contributed by atoms with Crippen LogP contribution in [-0.4, -0.2) is 32.1 Å². The summed E-state index contributed by atoms with van der Waals surface area (Å²) in [7, 11) is 0. The Hall–Kier alpha value is -2.96. The lowest BCUT2D eigenvalue weighted by Crippen LogP contribution is -2.33. The van der Waals surface area contributed by atoms with Crippen LogP contribution in [0.25, 0.3) is 0 Å². The number of rotatable bonds is 5. The molecule has 1 amide bonds. The summed E-state index contributed by atoms with van der Waals surface area (Å²) in [6, 6.07) is 6.18. The van der Waals surface area contributed by atoms with Crippen molar-refractivity contribution in [1.82, 2.24) is 19.7 Å². The number of carbonyl (C=O) groups is 1. The molecule has 1 aliphatic rings. The van der Waals surface area contributed by atoms with Crippen molar-refractivity contribution in [3.8, 4) is 0 Å². The van der Waals surface area contributed by atoms with Crippen LogP contribution in [0.2, 0.25) is 0 Å². The molecule has 3 aromatic rings. The van der Waals surface area contributed by atoms with Gasteiger partial charge in [-0.3, -0.25) is 9.48 Å². The molecular formula is C20H21FN4O2. The molecule has 0 aliphatic carbocycles. The smallest absolute Gasteiger partial charge is 0.244 e. The molecule has 7 heteroatoms. The summed E-state index contributed by atoms with van der Waals surface area (Å²) >= 11 is 0. The van der Waals surface area contributed by atoms with E-state index in [4.69, 9.17) is 4.42 Å². The van der Waals surface area contributed by atoms with Gasteiger partial charge in [-0.15, -0.1) is 0 Å². The number of nitrogens with zero attached hydrogens (tertiary/aromatic N) is 4. The lowest BCUT2D eigenvalue weighted by Gasteiger charge is -2.22. The zero-order valence-corrected chi connectivity index (χ0v) is 15.1. The zero-order chi connectivity index (χ0) is 18.8. The van der Waals surface area contributed by atoms with Crippen molar-refractivity contribution < 1.29 is 13.6 Å². The third kappa shape index (κ3) is 3.92. The Balaban J connectivity index is 1.45. The van der Waals surface area contributed by atoms with E-state index in [0.717, 1.165) is 24.0 Å². The average Bonchev–Trinajstić information content (AvgIpc) is 3.37. The van der Waals surface area contributed by atoms with Gasteiger partial charge in [-0.05, 0) is 43.0 Å². The molecule has 0 bridgehead atoms. The SMILES string of the molecule is Cc1cnn(CC(=O)N2CCC[C@H]2c2ncc(Cc3ccc(F)cc3)o2)c1. The Morgan fingerprint density at radius 1 is 1.30 bits per heavy atom. The fourth-order valence-electron chi connectivity index (χ4n) is 3.47. The molecule has 4 rings (SSSR count). The first-order valence-electron chi connectivity index (χ1n) is 9.06. The van der Waals surface area contributed by atoms with Gasteiger partial charge in [0, 0.05) is 19.2 Å². The summed E-state index contributed by atoms with van der Waals surface area (Å²) in [6.45, 7) is 2.86. The van der Waals surface area contributed by atoms with Crippen molar-refractivity contribution in [2.45, 2.75) is 38.8 Å². The maximum absolute atomic E-state index is 13.0. The maximum atomic E-state index is 13.0. The van der Waals surface area contributed by atoms with Gasteiger partial charge in [0.25, 0.3) is 0 Å². The molecule has 27 heavy (non-hydrogen) atoms. The van der Waals surface area contributed by atoms with E-state index in [-0.39, 0.29) is 24.3 Å². The standard InChI is InChI=1S/C20H21FN4O2/c1-14-10-23-24(12-14)13-19(26)25-8-2-3-18(25)20-22-11-17(27-20)9-15-4-6-16(21)7-5-15/h4-7,10-12,18H,2-3,8-9,13H2,1H3/t18-/m0/s1. The molecule has 1 atom stereocenters. The lowest BCUT2D eigenvalue weighted by atomic mass is 10.1. The first-order chi connectivity index (χ1) is 13.1. The second-order valence-electron chi connectivity index (χ2n) is 6.93. The number of carbonyl (C=O) groups excluding carboxylic acids is 1. The highest BCUT2D eigenvalue weighted by Gasteiger charge is 2.33. The Morgan fingerprint density at radius 3 is 2.85 bits per heavy atom. The first-order valence-corrected chi connectivity index (χ1v) is 9.06. The first kappa shape index (κ1) is 17.5. The van der Waals surface area contributed by atoms with Gasteiger partial charge < -0.3 is 9.32 Å². The van der Waals surface area contributed by atoms with Crippen LogP contribution in [0.1, 0.15) is 41.7 Å². The number of hydrogen-bond donors (Lipinski definition) is 0. The van der Waals surface area contributed by atoms with E-state index >= 15 is 0 Å². The molecular weight excluding hydrogens is 347 g/mol. The molecule has 0 radical (unpaired) electrons. The van der Waals surface area contributed by atoms with Gasteiger partial charge in [0.15, 0.2) is 0 Å². The van der Waals surface area contributed by atoms with Crippen molar-refractivity contribution >= 4 is 5.91 Å². The van der Waals surface area contributed by atoms with Crippen LogP contribution in [0.15, 0.2) is 47.3 Å². The largest absolute Gasteiger partial charge is 0.443 e. The Bertz CT molecular complexity index is 932. The van der Waals surface area contributed by atoms with Crippen molar-refractivity contribution in [3.05, 3.63) is 71.5 Å². The monoisotopic (exact) mass is 368 g/mol. The van der Waals surface area contributed by atoms with Crippen molar-refractivity contribution in [2.24, 2.45) is 0 Å². The summed E-state index contributed by atoms with van der Waals surface area (Å²) in [6.07, 6.45) is 7.58. The number of hydrogen-bond acceptors (Lipinski definition) is 4. The number of aromatic nitrogens is 3. The van der Waals surface area contributed by atoms with Crippen LogP contribution in [0.3, 0.4) is 0 Å². The summed E-state index contributed by atoms with van der Waals surface area (Å²) in [4.78, 5) is 18.9. The minimum atomic E-state index is -0.260. The number of likely N-dealkylation sites (tertiary alicyclic amines) is 1. The normalized spacial score (nSPS) is 16.8. The fourth-order valence-corrected chi connectivity index (χ4v) is 3.47. The van der Waals surface area contributed by atoms with Crippen molar-refractivity contribution in [3.63, 3.8) is 0 Å². The summed E-state index contributed by atoms with van der Waals surface area (Å²) < 4.78 is 20.6. The van der Waals surface area contributed by atoms with Gasteiger partial charge >= 0.3 is 0 Å². The third-order valence-electron chi connectivity index (χ3n) is 4.78. The van der Waals surface area contributed by atoms with E-state index < -0.39 is 0 Å². The summed E-state index contributed by atoms with van der Waals surface area (Å²) in [5.41, 5.74) is 1.98. The van der Waals surface area contributed by atoms with Crippen LogP contribution in [-0.2, 0) is 17.8 Å². The van der Waals surface area contributed by atoms with Crippen LogP contribution in [0, 0.1) is 12.7 Å². The zero-order valence-electron chi connectivity index (χ0n) is 15.1. The number of amides is 1. The second-order valence-corrected chi connectivity index (χ2v) is 6.93. The molecule has 6 nitrogen and oxygen atoms in total. The van der Waals surface area contributed by atoms with Crippen LogP contribution in [0.4, 0.5) is 4.39 Å². The number of halogens is 1. The molecule has 1 fully saturated rings. The molecule has 140 valence electrons. The van der Waals surface area contributed by atoms with Crippen LogP contribution >= 0.6 is 0 Å². The summed E-state index contributed by atoms with van der Waals surface area (Å²) in [5, 5.41) is 4.19. The van der Waals surface area contributed by atoms with Gasteiger partial charge in [0.1, 0.15) is 24.2 Å². The van der Waals surface area contributed by atoms with Gasteiger partial charge in [-0.25, -0.2) is 9.37 Å². The predicted molar refractivity (Wildman–Crippen MR) is 96.4 cm³/mol. The number of aryl methyl sites for hydroxylation is 1. The fraction of sp³-hybridized carbons (Fsp3) is 0.350. The minimum Gasteiger partial charge on any atom is -0.443 e. The van der Waals surface area contributed by atoms with E-state index in [0.29, 0.717) is 24.6 Å². The minimum absolute atomic E-state index is 0.0129. The molecule has 1 saturated heterocycles. The van der Waals surface area contributed by atoms with E-state index in [2.05, 4.69) is 10.1 Å². The van der Waals surface area contributed by atoms with Gasteiger partial charge in [0.2, 0.25) is 11.8 Å². The second kappa shape index (κ2) is 7.34. The molecule has 0 unspecified atom stereocenters. The maximum Gasteiger partial charge on any atom is 0.244 e. The molecule has 0 spiro atoms. The highest BCUT2D eigenvalue weighted by atomic mass is 19.1. The Morgan fingerprint density at radius 2 is 2.11 bits per heavy atom. The van der Waals surface area contributed by atoms with Gasteiger partial charge in [0.05, 0.1) is 12.4 Å². The number of benzene rings is 1. The molecule has 0 saturated carbocycles. The Labute approximate surface area is 156 Å². The van der Waals surface area contributed by atoms with Gasteiger partial charge in [-0.1, -0.05) is 12.1 Å². The molecule has 3 heterocycles. The molecule has 2 aromatic heterocycles. The van der Waals surface area contributed by atoms with Crippen molar-refractivity contribution in [1.29, 1.82) is 0 Å². The highest BCUT2D eigenvalue weighted by Crippen LogP contribution is 2.32. The predicted octanol–water partition coefficient (Wildman–Crippen LogP) is 3.27. The van der Waals surface area contributed by atoms with Crippen LogP contribution < -0.4 is 0 Å². The van der Waals surface area contributed by atoms with E-state index in [1.165, 1.54) is 12.1 Å². The molecule has 1 aromatic carbocycles. The van der Waals surface area contributed by atoms with Crippen molar-refractivity contribution in [2.75, 3.05) is 6.54 Å². The summed E-state index contributed by atoms with van der Waals surface area (Å²) in [5.74, 6) is 1.02. The van der Waals surface area contributed by atoms with Crippen LogP contribution in [0.5, 0.6) is 0 Å². The third-order valence-corrected chi connectivity index (χ3v) is 4.78.